The number of fused-ring (bicyclic) bond motifs is 1. The number of hydrogen-bond donors (Lipinski definition) is 1. The van der Waals surface area contributed by atoms with Gasteiger partial charge in [0.25, 0.3) is 15.9 Å². The van der Waals surface area contributed by atoms with Gasteiger partial charge in [-0.25, -0.2) is 0 Å². The average molecular weight is 450 g/mol. The SMILES string of the molecule is CCCN1C(C)=NS(=O)(=O)c2cc(C(=O)Nc3ccc(Oc4ccccc4)cc3)ccc21. The van der Waals surface area contributed by atoms with Gasteiger partial charge in [-0.2, -0.15) is 8.42 Å². The highest BCUT2D eigenvalue weighted by Gasteiger charge is 2.29. The van der Waals surface area contributed by atoms with E-state index in [4.69, 9.17) is 4.74 Å². The van der Waals surface area contributed by atoms with Crippen LogP contribution in [0.3, 0.4) is 0 Å². The van der Waals surface area contributed by atoms with E-state index >= 15 is 0 Å². The van der Waals surface area contributed by atoms with Crippen molar-refractivity contribution in [3.63, 3.8) is 0 Å². The maximum absolute atomic E-state index is 12.8. The van der Waals surface area contributed by atoms with Crippen molar-refractivity contribution in [2.24, 2.45) is 4.40 Å². The Kier molecular flexibility index (Phi) is 5.96. The topological polar surface area (TPSA) is 88.1 Å². The smallest absolute Gasteiger partial charge is 0.286 e. The fourth-order valence-electron chi connectivity index (χ4n) is 3.47. The average Bonchev–Trinajstić information content (AvgIpc) is 2.78. The van der Waals surface area contributed by atoms with Gasteiger partial charge in [-0.15, -0.1) is 4.40 Å². The summed E-state index contributed by atoms with van der Waals surface area (Å²) in [6, 6.07) is 21.0. The molecular weight excluding hydrogens is 426 g/mol. The molecule has 0 bridgehead atoms. The largest absolute Gasteiger partial charge is 0.457 e. The number of nitrogens with one attached hydrogen (secondary N) is 1. The zero-order valence-electron chi connectivity index (χ0n) is 17.8. The van der Waals surface area contributed by atoms with Gasteiger partial charge >= 0.3 is 0 Å². The van der Waals surface area contributed by atoms with Crippen molar-refractivity contribution in [1.82, 2.24) is 0 Å². The second kappa shape index (κ2) is 8.84. The molecule has 3 aromatic rings. The van der Waals surface area contributed by atoms with E-state index in [0.717, 1.165) is 12.2 Å². The van der Waals surface area contributed by atoms with Crippen LogP contribution in [-0.2, 0) is 10.0 Å². The molecule has 164 valence electrons. The molecule has 1 N–H and O–H groups in total. The summed E-state index contributed by atoms with van der Waals surface area (Å²) < 4.78 is 34.8. The zero-order chi connectivity index (χ0) is 22.7. The van der Waals surface area contributed by atoms with Crippen LogP contribution < -0.4 is 15.0 Å². The quantitative estimate of drug-likeness (QED) is 0.568. The molecule has 0 aliphatic carbocycles. The van der Waals surface area contributed by atoms with Crippen LogP contribution in [0.25, 0.3) is 0 Å². The van der Waals surface area contributed by atoms with E-state index in [1.807, 2.05) is 42.2 Å². The first-order valence-electron chi connectivity index (χ1n) is 10.2. The Hall–Kier alpha value is -3.65. The van der Waals surface area contributed by atoms with Gasteiger partial charge in [-0.05, 0) is 67.9 Å². The Morgan fingerprint density at radius 1 is 1.00 bits per heavy atom. The summed E-state index contributed by atoms with van der Waals surface area (Å²) in [5.41, 5.74) is 1.35. The summed E-state index contributed by atoms with van der Waals surface area (Å²) >= 11 is 0. The van der Waals surface area contributed by atoms with E-state index in [1.54, 1.807) is 43.3 Å². The summed E-state index contributed by atoms with van der Waals surface area (Å²) in [6.07, 6.45) is 0.832. The normalized spacial score (nSPS) is 14.3. The van der Waals surface area contributed by atoms with Gasteiger partial charge in [-0.1, -0.05) is 25.1 Å². The molecule has 0 aromatic heterocycles. The van der Waals surface area contributed by atoms with Crippen LogP contribution in [0.5, 0.6) is 11.5 Å². The van der Waals surface area contributed by atoms with E-state index in [0.29, 0.717) is 29.5 Å². The summed E-state index contributed by atoms with van der Waals surface area (Å²) in [5, 5.41) is 2.79. The van der Waals surface area contributed by atoms with Crippen molar-refractivity contribution in [2.75, 3.05) is 16.8 Å². The van der Waals surface area contributed by atoms with E-state index in [1.165, 1.54) is 6.07 Å². The van der Waals surface area contributed by atoms with E-state index < -0.39 is 15.9 Å². The molecule has 0 atom stereocenters. The highest BCUT2D eigenvalue weighted by Crippen LogP contribution is 2.33. The predicted molar refractivity (Wildman–Crippen MR) is 125 cm³/mol. The maximum atomic E-state index is 12.8. The fourth-order valence-corrected chi connectivity index (χ4v) is 4.73. The van der Waals surface area contributed by atoms with Crippen LogP contribution in [0.2, 0.25) is 0 Å². The lowest BCUT2D eigenvalue weighted by molar-refractivity contribution is 0.102. The lowest BCUT2D eigenvalue weighted by Gasteiger charge is -2.29. The summed E-state index contributed by atoms with van der Waals surface area (Å²) in [7, 11) is -3.86. The van der Waals surface area contributed by atoms with Crippen LogP contribution in [0, 0.1) is 0 Å². The fraction of sp³-hybridized carbons (Fsp3) is 0.167. The third kappa shape index (κ3) is 4.50. The molecule has 32 heavy (non-hydrogen) atoms. The summed E-state index contributed by atoms with van der Waals surface area (Å²) in [5.74, 6) is 1.37. The third-order valence-corrected chi connectivity index (χ3v) is 6.36. The minimum absolute atomic E-state index is 0.0378. The van der Waals surface area contributed by atoms with Crippen LogP contribution in [0.4, 0.5) is 11.4 Å². The first kappa shape index (κ1) is 21.6. The Labute approximate surface area is 187 Å². The van der Waals surface area contributed by atoms with Crippen molar-refractivity contribution in [2.45, 2.75) is 25.2 Å². The van der Waals surface area contributed by atoms with Crippen molar-refractivity contribution >= 4 is 33.1 Å². The predicted octanol–water partition coefficient (Wildman–Crippen LogP) is 5.07. The first-order chi connectivity index (χ1) is 15.4. The van der Waals surface area contributed by atoms with Crippen LogP contribution in [0.15, 0.2) is 82.1 Å². The molecule has 0 spiro atoms. The summed E-state index contributed by atoms with van der Waals surface area (Å²) in [4.78, 5) is 14.7. The monoisotopic (exact) mass is 449 g/mol. The van der Waals surface area contributed by atoms with Gasteiger partial charge in [0, 0.05) is 17.8 Å². The van der Waals surface area contributed by atoms with E-state index in [9.17, 15) is 13.2 Å². The zero-order valence-corrected chi connectivity index (χ0v) is 18.6. The highest BCUT2D eigenvalue weighted by molar-refractivity contribution is 7.90. The minimum atomic E-state index is -3.86. The van der Waals surface area contributed by atoms with Gasteiger partial charge in [-0.3, -0.25) is 4.79 Å². The van der Waals surface area contributed by atoms with E-state index in [-0.39, 0.29) is 10.5 Å². The van der Waals surface area contributed by atoms with Gasteiger partial charge in [0.2, 0.25) is 0 Å². The van der Waals surface area contributed by atoms with Gasteiger partial charge in [0.15, 0.2) is 0 Å². The molecule has 1 heterocycles. The molecule has 3 aromatic carbocycles. The lowest BCUT2D eigenvalue weighted by Crippen LogP contribution is -2.34. The number of sulfonamides is 1. The standard InChI is InChI=1S/C24H23N3O4S/c1-3-15-27-17(2)26-32(29,30)23-16-18(9-14-22(23)27)24(28)25-19-10-12-21(13-11-19)31-20-7-5-4-6-8-20/h4-14,16H,3,15H2,1-2H3,(H,25,28). The van der Waals surface area contributed by atoms with Gasteiger partial charge in [0.1, 0.15) is 22.2 Å². The Bertz CT molecular complexity index is 1270. The number of hydrogen-bond acceptors (Lipinski definition) is 5. The molecule has 1 amide bonds. The number of para-hydroxylation sites is 1. The van der Waals surface area contributed by atoms with Gasteiger partial charge in [0.05, 0.1) is 5.69 Å². The van der Waals surface area contributed by atoms with Crippen LogP contribution >= 0.6 is 0 Å². The molecule has 0 saturated heterocycles. The molecule has 1 aliphatic rings. The first-order valence-corrected chi connectivity index (χ1v) is 11.7. The molecule has 1 aliphatic heterocycles. The highest BCUT2D eigenvalue weighted by atomic mass is 32.2. The number of benzene rings is 3. The molecule has 0 unspecified atom stereocenters. The number of amidine groups is 1. The molecular formula is C24H23N3O4S. The van der Waals surface area contributed by atoms with Crippen molar-refractivity contribution in [3.05, 3.63) is 78.4 Å². The molecule has 0 fully saturated rings. The second-order valence-electron chi connectivity index (χ2n) is 7.34. The number of carbonyl (C=O) groups excluding carboxylic acids is 1. The number of carbonyl (C=O) groups is 1. The number of rotatable bonds is 6. The number of amides is 1. The molecule has 0 saturated carbocycles. The Balaban J connectivity index is 1.52. The van der Waals surface area contributed by atoms with Crippen LogP contribution in [-0.4, -0.2) is 26.7 Å². The van der Waals surface area contributed by atoms with Crippen molar-refractivity contribution in [3.8, 4) is 11.5 Å². The Morgan fingerprint density at radius 2 is 1.69 bits per heavy atom. The Morgan fingerprint density at radius 3 is 2.38 bits per heavy atom. The summed E-state index contributed by atoms with van der Waals surface area (Å²) in [6.45, 7) is 4.32. The molecule has 8 heteroatoms. The molecule has 0 radical (unpaired) electrons. The van der Waals surface area contributed by atoms with Crippen molar-refractivity contribution < 1.29 is 17.9 Å². The maximum Gasteiger partial charge on any atom is 0.286 e. The molecule has 7 nitrogen and oxygen atoms in total. The number of anilines is 2. The third-order valence-electron chi connectivity index (χ3n) is 4.97. The molecule has 4 rings (SSSR count). The number of nitrogens with zero attached hydrogens (tertiary/aromatic N) is 2. The van der Waals surface area contributed by atoms with E-state index in [2.05, 4.69) is 9.71 Å². The van der Waals surface area contributed by atoms with Crippen molar-refractivity contribution in [1.29, 1.82) is 0 Å². The van der Waals surface area contributed by atoms with Gasteiger partial charge < -0.3 is 15.0 Å². The second-order valence-corrected chi connectivity index (χ2v) is 8.91. The number of ether oxygens (including phenoxy) is 1. The lowest BCUT2D eigenvalue weighted by atomic mass is 10.1. The van der Waals surface area contributed by atoms with Crippen LogP contribution in [0.1, 0.15) is 30.6 Å². The minimum Gasteiger partial charge on any atom is -0.457 e.